The molecule has 1 aromatic heterocycles. The van der Waals surface area contributed by atoms with Crippen LogP contribution in [0.4, 0.5) is 13.2 Å². The van der Waals surface area contributed by atoms with Crippen molar-refractivity contribution < 1.29 is 13.2 Å². The molecular formula is C20H28F3IN6. The van der Waals surface area contributed by atoms with E-state index in [1.165, 1.54) is 17.4 Å². The number of rotatable bonds is 5. The molecule has 1 aliphatic heterocycles. The highest BCUT2D eigenvalue weighted by molar-refractivity contribution is 14.0. The first-order chi connectivity index (χ1) is 13.9. The highest BCUT2D eigenvalue weighted by Crippen LogP contribution is 2.25. The van der Waals surface area contributed by atoms with Crippen LogP contribution in [0.5, 0.6) is 0 Å². The Balaban J connectivity index is 0.00000320. The van der Waals surface area contributed by atoms with Crippen molar-refractivity contribution >= 4 is 29.9 Å². The number of halogens is 4. The van der Waals surface area contributed by atoms with Crippen LogP contribution >= 0.6 is 24.0 Å². The largest absolute Gasteiger partial charge is 0.403 e. The van der Waals surface area contributed by atoms with Crippen molar-refractivity contribution in [2.24, 2.45) is 4.99 Å². The van der Waals surface area contributed by atoms with Crippen LogP contribution in [0.3, 0.4) is 0 Å². The van der Waals surface area contributed by atoms with E-state index in [0.29, 0.717) is 32.7 Å². The van der Waals surface area contributed by atoms with Crippen molar-refractivity contribution in [3.8, 4) is 5.69 Å². The maximum Gasteiger partial charge on any atom is 0.403 e. The fraction of sp³-hybridized carbons (Fsp3) is 0.500. The molecule has 0 radical (unpaired) electrons. The van der Waals surface area contributed by atoms with Gasteiger partial charge >= 0.3 is 6.18 Å². The van der Waals surface area contributed by atoms with Crippen LogP contribution in [0.25, 0.3) is 5.69 Å². The molecule has 1 aliphatic rings. The van der Waals surface area contributed by atoms with E-state index in [-0.39, 0.29) is 24.0 Å². The van der Waals surface area contributed by atoms with Gasteiger partial charge in [-0.2, -0.15) is 18.3 Å². The van der Waals surface area contributed by atoms with Gasteiger partial charge in [-0.25, -0.2) is 4.68 Å². The van der Waals surface area contributed by atoms with E-state index in [2.05, 4.69) is 27.5 Å². The summed E-state index contributed by atoms with van der Waals surface area (Å²) in [5.74, 6) is 0.734. The SMILES string of the molecule is CN=C(NCCc1ccc(-n2cccn2)cc1)N1CCN(C(C)C(F)(F)F)CC1.I. The molecule has 1 fully saturated rings. The van der Waals surface area contributed by atoms with Crippen molar-refractivity contribution in [3.05, 3.63) is 48.3 Å². The summed E-state index contributed by atoms with van der Waals surface area (Å²) in [6, 6.07) is 8.66. The van der Waals surface area contributed by atoms with Crippen LogP contribution in [-0.4, -0.2) is 77.5 Å². The third kappa shape index (κ3) is 6.34. The summed E-state index contributed by atoms with van der Waals surface area (Å²) in [4.78, 5) is 7.78. The van der Waals surface area contributed by atoms with Gasteiger partial charge in [0.2, 0.25) is 0 Å². The molecule has 10 heteroatoms. The second-order valence-electron chi connectivity index (χ2n) is 7.08. The number of nitrogens with one attached hydrogen (secondary N) is 1. The molecule has 166 valence electrons. The Bertz CT molecular complexity index is 784. The average molecular weight is 536 g/mol. The standard InChI is InChI=1S/C20H27F3N6.HI/c1-16(20(21,22)23)27-12-14-28(15-13-27)19(24-2)25-10-8-17-4-6-18(7-5-17)29-11-3-9-26-29;/h3-7,9,11,16H,8,10,12-15H2,1-2H3,(H,24,25);1H. The molecule has 0 spiro atoms. The van der Waals surface area contributed by atoms with Gasteiger partial charge in [0.25, 0.3) is 0 Å². The van der Waals surface area contributed by atoms with Crippen molar-refractivity contribution in [1.82, 2.24) is 24.9 Å². The summed E-state index contributed by atoms with van der Waals surface area (Å²) in [7, 11) is 1.70. The summed E-state index contributed by atoms with van der Waals surface area (Å²) in [6.07, 6.45) is 0.279. The number of guanidine groups is 1. The lowest BCUT2D eigenvalue weighted by Gasteiger charge is -2.39. The van der Waals surface area contributed by atoms with Crippen LogP contribution in [0.1, 0.15) is 12.5 Å². The summed E-state index contributed by atoms with van der Waals surface area (Å²) < 4.78 is 40.5. The first-order valence-corrected chi connectivity index (χ1v) is 9.74. The topological polar surface area (TPSA) is 48.7 Å². The molecule has 1 atom stereocenters. The third-order valence-corrected chi connectivity index (χ3v) is 5.25. The Hall–Kier alpha value is -1.82. The zero-order valence-electron chi connectivity index (χ0n) is 17.1. The van der Waals surface area contributed by atoms with Gasteiger partial charge < -0.3 is 10.2 Å². The van der Waals surface area contributed by atoms with Gasteiger partial charge in [0, 0.05) is 52.2 Å². The maximum absolute atomic E-state index is 12.9. The zero-order valence-corrected chi connectivity index (χ0v) is 19.5. The van der Waals surface area contributed by atoms with Crippen LogP contribution in [0, 0.1) is 0 Å². The van der Waals surface area contributed by atoms with E-state index in [1.54, 1.807) is 13.2 Å². The number of piperazine rings is 1. The quantitative estimate of drug-likeness (QED) is 0.363. The summed E-state index contributed by atoms with van der Waals surface area (Å²) in [6.45, 7) is 3.72. The molecule has 1 unspecified atom stereocenters. The number of nitrogens with zero attached hydrogens (tertiary/aromatic N) is 5. The van der Waals surface area contributed by atoms with Crippen molar-refractivity contribution in [2.75, 3.05) is 39.8 Å². The number of hydrogen-bond donors (Lipinski definition) is 1. The Morgan fingerprint density at radius 3 is 2.37 bits per heavy atom. The number of aliphatic imine (C=N–C) groups is 1. The number of hydrogen-bond acceptors (Lipinski definition) is 3. The molecule has 2 aromatic rings. The average Bonchev–Trinajstić information content (AvgIpc) is 3.25. The van der Waals surface area contributed by atoms with Crippen molar-refractivity contribution in [1.29, 1.82) is 0 Å². The van der Waals surface area contributed by atoms with Crippen molar-refractivity contribution in [3.63, 3.8) is 0 Å². The summed E-state index contributed by atoms with van der Waals surface area (Å²) >= 11 is 0. The van der Waals surface area contributed by atoms with Gasteiger partial charge in [0.05, 0.1) is 5.69 Å². The van der Waals surface area contributed by atoms with E-state index in [0.717, 1.165) is 18.1 Å². The first kappa shape index (κ1) is 24.4. The molecule has 30 heavy (non-hydrogen) atoms. The second kappa shape index (κ2) is 11.0. The molecule has 1 saturated heterocycles. The normalized spacial score (nSPS) is 16.8. The minimum atomic E-state index is -4.19. The van der Waals surface area contributed by atoms with Gasteiger partial charge in [-0.05, 0) is 37.1 Å². The monoisotopic (exact) mass is 536 g/mol. The van der Waals surface area contributed by atoms with Gasteiger partial charge in [0.15, 0.2) is 5.96 Å². The smallest absolute Gasteiger partial charge is 0.356 e. The number of alkyl halides is 3. The lowest BCUT2D eigenvalue weighted by Crippen LogP contribution is -2.56. The van der Waals surface area contributed by atoms with Crippen LogP contribution in [0.15, 0.2) is 47.7 Å². The molecule has 0 saturated carbocycles. The molecule has 1 N–H and O–H groups in total. The van der Waals surface area contributed by atoms with E-state index in [4.69, 9.17) is 0 Å². The van der Waals surface area contributed by atoms with Gasteiger partial charge in [-0.1, -0.05) is 12.1 Å². The lowest BCUT2D eigenvalue weighted by molar-refractivity contribution is -0.181. The minimum absolute atomic E-state index is 0. The number of aromatic nitrogens is 2. The molecule has 1 aromatic carbocycles. The van der Waals surface area contributed by atoms with E-state index < -0.39 is 12.2 Å². The fourth-order valence-electron chi connectivity index (χ4n) is 3.42. The van der Waals surface area contributed by atoms with E-state index in [1.807, 2.05) is 34.0 Å². The van der Waals surface area contributed by atoms with Crippen LogP contribution in [-0.2, 0) is 6.42 Å². The molecule has 3 rings (SSSR count). The molecular weight excluding hydrogens is 508 g/mol. The molecule has 0 bridgehead atoms. The van der Waals surface area contributed by atoms with E-state index in [9.17, 15) is 13.2 Å². The molecule has 2 heterocycles. The van der Waals surface area contributed by atoms with E-state index >= 15 is 0 Å². The Morgan fingerprint density at radius 2 is 1.83 bits per heavy atom. The van der Waals surface area contributed by atoms with Crippen LogP contribution in [0.2, 0.25) is 0 Å². The van der Waals surface area contributed by atoms with Crippen molar-refractivity contribution in [2.45, 2.75) is 25.6 Å². The lowest BCUT2D eigenvalue weighted by atomic mass is 10.1. The second-order valence-corrected chi connectivity index (χ2v) is 7.08. The zero-order chi connectivity index (χ0) is 20.9. The highest BCUT2D eigenvalue weighted by Gasteiger charge is 2.41. The van der Waals surface area contributed by atoms with Gasteiger partial charge in [0.1, 0.15) is 6.04 Å². The molecule has 0 amide bonds. The van der Waals surface area contributed by atoms with Crippen LogP contribution < -0.4 is 5.32 Å². The minimum Gasteiger partial charge on any atom is -0.356 e. The molecule has 0 aliphatic carbocycles. The Kier molecular flexibility index (Phi) is 8.95. The van der Waals surface area contributed by atoms with Gasteiger partial charge in [-0.15, -0.1) is 24.0 Å². The Morgan fingerprint density at radius 1 is 1.17 bits per heavy atom. The Labute approximate surface area is 192 Å². The summed E-state index contributed by atoms with van der Waals surface area (Å²) in [5, 5.41) is 7.53. The molecule has 6 nitrogen and oxygen atoms in total. The predicted octanol–water partition coefficient (Wildman–Crippen LogP) is 3.18. The third-order valence-electron chi connectivity index (χ3n) is 5.25. The van der Waals surface area contributed by atoms with Gasteiger partial charge in [-0.3, -0.25) is 9.89 Å². The summed E-state index contributed by atoms with van der Waals surface area (Å²) in [5.41, 5.74) is 2.20. The predicted molar refractivity (Wildman–Crippen MR) is 123 cm³/mol. The first-order valence-electron chi connectivity index (χ1n) is 9.74. The maximum atomic E-state index is 12.9. The number of benzene rings is 1. The fourth-order valence-corrected chi connectivity index (χ4v) is 3.42. The highest BCUT2D eigenvalue weighted by atomic mass is 127.